The van der Waals surface area contributed by atoms with E-state index in [9.17, 15) is 4.79 Å². The maximum Gasteiger partial charge on any atom is 0.252 e. The molecule has 0 radical (unpaired) electrons. The second-order valence-electron chi connectivity index (χ2n) is 8.14. The Labute approximate surface area is 194 Å². The number of benzene rings is 2. The minimum absolute atomic E-state index is 0.130. The maximum absolute atomic E-state index is 12.3. The van der Waals surface area contributed by atoms with Gasteiger partial charge in [-0.1, -0.05) is 38.1 Å². The standard InChI is InChI=1S/C27H30N4O2/c1-3-20(2)21-10-12-23(13-11-21)33-18-17-31-25-9-5-4-8-24(25)30-26(31)14-16-29-27(32)22-7-6-15-28-19-22/h4-13,15,19-20H,3,14,16-18H2,1-2H3,(H,29,32). The van der Waals surface area contributed by atoms with Gasteiger partial charge in [-0.05, 0) is 54.3 Å². The van der Waals surface area contributed by atoms with Crippen LogP contribution in [0.25, 0.3) is 11.0 Å². The molecule has 2 aromatic heterocycles. The van der Waals surface area contributed by atoms with Gasteiger partial charge in [0.1, 0.15) is 18.2 Å². The Hall–Kier alpha value is -3.67. The first-order valence-corrected chi connectivity index (χ1v) is 11.5. The zero-order valence-corrected chi connectivity index (χ0v) is 19.2. The number of hydrogen-bond donors (Lipinski definition) is 1. The number of nitrogens with zero attached hydrogens (tertiary/aromatic N) is 3. The van der Waals surface area contributed by atoms with Crippen molar-refractivity contribution in [3.8, 4) is 5.75 Å². The molecule has 4 rings (SSSR count). The third kappa shape index (κ3) is 5.58. The smallest absolute Gasteiger partial charge is 0.252 e. The highest BCUT2D eigenvalue weighted by Gasteiger charge is 2.12. The monoisotopic (exact) mass is 442 g/mol. The largest absolute Gasteiger partial charge is 0.492 e. The van der Waals surface area contributed by atoms with Crippen molar-refractivity contribution in [3.63, 3.8) is 0 Å². The topological polar surface area (TPSA) is 69.0 Å². The molecule has 6 heteroatoms. The van der Waals surface area contributed by atoms with E-state index in [0.29, 0.717) is 37.6 Å². The first-order valence-electron chi connectivity index (χ1n) is 11.5. The van der Waals surface area contributed by atoms with Gasteiger partial charge in [-0.2, -0.15) is 0 Å². The van der Waals surface area contributed by atoms with Crippen LogP contribution in [0.1, 0.15) is 47.9 Å². The Morgan fingerprint density at radius 3 is 2.67 bits per heavy atom. The predicted molar refractivity (Wildman–Crippen MR) is 131 cm³/mol. The zero-order valence-electron chi connectivity index (χ0n) is 19.2. The average Bonchev–Trinajstić information content (AvgIpc) is 3.21. The first kappa shape index (κ1) is 22.5. The second kappa shape index (κ2) is 10.8. The molecule has 1 unspecified atom stereocenters. The van der Waals surface area contributed by atoms with Gasteiger partial charge in [0.15, 0.2) is 0 Å². The van der Waals surface area contributed by atoms with Crippen LogP contribution in [0.15, 0.2) is 73.1 Å². The fourth-order valence-electron chi connectivity index (χ4n) is 3.84. The average molecular weight is 443 g/mol. The SMILES string of the molecule is CCC(C)c1ccc(OCCn2c(CCNC(=O)c3cccnc3)nc3ccccc32)cc1. The van der Waals surface area contributed by atoms with E-state index in [1.54, 1.807) is 24.5 Å². The molecule has 1 N–H and O–H groups in total. The molecule has 6 nitrogen and oxygen atoms in total. The molecule has 2 aromatic carbocycles. The number of hydrogen-bond acceptors (Lipinski definition) is 4. The van der Waals surface area contributed by atoms with E-state index in [0.717, 1.165) is 29.0 Å². The summed E-state index contributed by atoms with van der Waals surface area (Å²) in [6.45, 7) is 6.15. The van der Waals surface area contributed by atoms with Crippen molar-refractivity contribution in [3.05, 3.63) is 90.0 Å². The van der Waals surface area contributed by atoms with Crippen molar-refractivity contribution in [2.24, 2.45) is 0 Å². The van der Waals surface area contributed by atoms with Crippen molar-refractivity contribution in [1.29, 1.82) is 0 Å². The van der Waals surface area contributed by atoms with Gasteiger partial charge in [0.2, 0.25) is 0 Å². The Morgan fingerprint density at radius 1 is 1.09 bits per heavy atom. The number of carbonyl (C=O) groups excluding carboxylic acids is 1. The number of imidazole rings is 1. The lowest BCUT2D eigenvalue weighted by molar-refractivity contribution is 0.0953. The van der Waals surface area contributed by atoms with Crippen LogP contribution in [0, 0.1) is 0 Å². The van der Waals surface area contributed by atoms with Crippen molar-refractivity contribution in [1.82, 2.24) is 19.9 Å². The number of pyridine rings is 1. The van der Waals surface area contributed by atoms with Gasteiger partial charge < -0.3 is 14.6 Å². The molecule has 1 atom stereocenters. The highest BCUT2D eigenvalue weighted by molar-refractivity contribution is 5.93. The second-order valence-corrected chi connectivity index (χ2v) is 8.14. The summed E-state index contributed by atoms with van der Waals surface area (Å²) in [4.78, 5) is 21.1. The molecule has 0 fully saturated rings. The van der Waals surface area contributed by atoms with E-state index in [-0.39, 0.29) is 5.91 Å². The molecule has 0 spiro atoms. The lowest BCUT2D eigenvalue weighted by atomic mass is 9.99. The van der Waals surface area contributed by atoms with Crippen LogP contribution >= 0.6 is 0 Å². The van der Waals surface area contributed by atoms with E-state index in [4.69, 9.17) is 9.72 Å². The van der Waals surface area contributed by atoms with Crippen LogP contribution in [0.2, 0.25) is 0 Å². The molecule has 0 aliphatic rings. The molecule has 0 bridgehead atoms. The van der Waals surface area contributed by atoms with Gasteiger partial charge in [-0.15, -0.1) is 0 Å². The van der Waals surface area contributed by atoms with Gasteiger partial charge in [-0.3, -0.25) is 9.78 Å². The lowest BCUT2D eigenvalue weighted by Crippen LogP contribution is -2.26. The van der Waals surface area contributed by atoms with Crippen molar-refractivity contribution in [2.75, 3.05) is 13.2 Å². The number of nitrogens with one attached hydrogen (secondary N) is 1. The van der Waals surface area contributed by atoms with Crippen LogP contribution in [-0.4, -0.2) is 33.6 Å². The van der Waals surface area contributed by atoms with Gasteiger partial charge in [-0.25, -0.2) is 4.98 Å². The summed E-state index contributed by atoms with van der Waals surface area (Å²) >= 11 is 0. The molecular formula is C27H30N4O2. The zero-order chi connectivity index (χ0) is 23.0. The lowest BCUT2D eigenvalue weighted by Gasteiger charge is -2.13. The summed E-state index contributed by atoms with van der Waals surface area (Å²) < 4.78 is 8.21. The van der Waals surface area contributed by atoms with Crippen LogP contribution in [0.5, 0.6) is 5.75 Å². The van der Waals surface area contributed by atoms with Crippen LogP contribution < -0.4 is 10.1 Å². The van der Waals surface area contributed by atoms with E-state index in [1.165, 1.54) is 5.56 Å². The normalized spacial score (nSPS) is 11.9. The number of fused-ring (bicyclic) bond motifs is 1. The molecule has 4 aromatic rings. The molecule has 0 saturated carbocycles. The minimum Gasteiger partial charge on any atom is -0.492 e. The van der Waals surface area contributed by atoms with Crippen LogP contribution in [0.4, 0.5) is 0 Å². The molecular weight excluding hydrogens is 412 g/mol. The van der Waals surface area contributed by atoms with Gasteiger partial charge in [0.05, 0.1) is 23.1 Å². The van der Waals surface area contributed by atoms with Crippen LogP contribution in [-0.2, 0) is 13.0 Å². The minimum atomic E-state index is -0.130. The third-order valence-electron chi connectivity index (χ3n) is 5.94. The third-order valence-corrected chi connectivity index (χ3v) is 5.94. The van der Waals surface area contributed by atoms with E-state index < -0.39 is 0 Å². The molecule has 33 heavy (non-hydrogen) atoms. The van der Waals surface area contributed by atoms with Crippen molar-refractivity contribution >= 4 is 16.9 Å². The number of carbonyl (C=O) groups is 1. The molecule has 0 aliphatic carbocycles. The summed E-state index contributed by atoms with van der Waals surface area (Å²) in [5.41, 5.74) is 3.91. The Balaban J connectivity index is 1.39. The number of aromatic nitrogens is 3. The summed E-state index contributed by atoms with van der Waals surface area (Å²) in [6, 6.07) is 20.0. The highest BCUT2D eigenvalue weighted by Crippen LogP contribution is 2.22. The molecule has 1 amide bonds. The quantitative estimate of drug-likeness (QED) is 0.375. The number of amides is 1. The van der Waals surface area contributed by atoms with Gasteiger partial charge in [0, 0.05) is 25.4 Å². The first-order chi connectivity index (χ1) is 16.2. The predicted octanol–water partition coefficient (Wildman–Crippen LogP) is 5.00. The fourth-order valence-corrected chi connectivity index (χ4v) is 3.84. The summed E-state index contributed by atoms with van der Waals surface area (Å²) in [5.74, 6) is 2.22. The van der Waals surface area contributed by atoms with Gasteiger partial charge >= 0.3 is 0 Å². The van der Waals surface area contributed by atoms with E-state index >= 15 is 0 Å². The van der Waals surface area contributed by atoms with Gasteiger partial charge in [0.25, 0.3) is 5.91 Å². The Morgan fingerprint density at radius 2 is 1.91 bits per heavy atom. The summed E-state index contributed by atoms with van der Waals surface area (Å²) in [7, 11) is 0. The number of para-hydroxylation sites is 2. The Kier molecular flexibility index (Phi) is 7.35. The fraction of sp³-hybridized carbons (Fsp3) is 0.296. The van der Waals surface area contributed by atoms with Crippen molar-refractivity contribution < 1.29 is 9.53 Å². The van der Waals surface area contributed by atoms with Crippen LogP contribution in [0.3, 0.4) is 0 Å². The van der Waals surface area contributed by atoms with Crippen molar-refractivity contribution in [2.45, 2.75) is 39.2 Å². The van der Waals surface area contributed by atoms with E-state index in [1.807, 2.05) is 30.3 Å². The maximum atomic E-state index is 12.3. The Bertz CT molecular complexity index is 1190. The summed E-state index contributed by atoms with van der Waals surface area (Å²) in [5, 5.41) is 2.96. The highest BCUT2D eigenvalue weighted by atomic mass is 16.5. The number of rotatable bonds is 10. The molecule has 2 heterocycles. The number of ether oxygens (including phenoxy) is 1. The molecule has 0 saturated heterocycles. The molecule has 170 valence electrons. The molecule has 0 aliphatic heterocycles. The summed E-state index contributed by atoms with van der Waals surface area (Å²) in [6.07, 6.45) is 4.97. The van der Waals surface area contributed by atoms with E-state index in [2.05, 4.69) is 46.9 Å².